The summed E-state index contributed by atoms with van der Waals surface area (Å²) in [5.74, 6) is -0.0159. The van der Waals surface area contributed by atoms with Crippen molar-refractivity contribution in [1.29, 1.82) is 0 Å². The number of hydrogen-bond donors (Lipinski definition) is 1. The van der Waals surface area contributed by atoms with E-state index in [1.54, 1.807) is 17.8 Å². The minimum Gasteiger partial charge on any atom is -0.478 e. The highest BCUT2D eigenvalue weighted by atomic mass is 32.2. The molecule has 0 aliphatic carbocycles. The van der Waals surface area contributed by atoms with E-state index in [0.717, 1.165) is 16.2 Å². The van der Waals surface area contributed by atoms with E-state index < -0.39 is 5.97 Å². The number of carbonyl (C=O) groups is 1. The number of aryl methyl sites for hydroxylation is 1. The van der Waals surface area contributed by atoms with Crippen molar-refractivity contribution in [1.82, 2.24) is 0 Å². The van der Waals surface area contributed by atoms with E-state index in [2.05, 4.69) is 12.1 Å². The molecule has 3 heteroatoms. The van der Waals surface area contributed by atoms with Gasteiger partial charge in [-0.25, -0.2) is 4.79 Å². The van der Waals surface area contributed by atoms with Crippen LogP contribution < -0.4 is 0 Å². The fraction of sp³-hybridized carbons (Fsp3) is 0.133. The third-order valence-corrected chi connectivity index (χ3v) is 3.75. The molecule has 1 N–H and O–H groups in total. The Kier molecular flexibility index (Phi) is 4.05. The monoisotopic (exact) mass is 258 g/mol. The molecular weight excluding hydrogens is 244 g/mol. The van der Waals surface area contributed by atoms with Gasteiger partial charge in [-0.2, -0.15) is 0 Å². The van der Waals surface area contributed by atoms with E-state index in [1.807, 2.05) is 37.3 Å². The summed E-state index contributed by atoms with van der Waals surface area (Å²) in [7, 11) is 0. The van der Waals surface area contributed by atoms with Crippen molar-refractivity contribution in [2.24, 2.45) is 0 Å². The molecule has 18 heavy (non-hydrogen) atoms. The van der Waals surface area contributed by atoms with Crippen LogP contribution in [0.5, 0.6) is 0 Å². The maximum absolute atomic E-state index is 11.0. The summed E-state index contributed by atoms with van der Waals surface area (Å²) < 4.78 is 0. The number of aromatic carboxylic acids is 1. The molecule has 0 aliphatic heterocycles. The lowest BCUT2D eigenvalue weighted by atomic mass is 10.1. The number of benzene rings is 2. The molecule has 0 saturated carbocycles. The van der Waals surface area contributed by atoms with Crippen LogP contribution in [0, 0.1) is 6.92 Å². The van der Waals surface area contributed by atoms with Crippen LogP contribution in [-0.4, -0.2) is 11.1 Å². The van der Waals surface area contributed by atoms with Crippen LogP contribution in [-0.2, 0) is 5.75 Å². The summed E-state index contributed by atoms with van der Waals surface area (Å²) in [5, 5.41) is 9.07. The molecule has 0 unspecified atom stereocenters. The lowest BCUT2D eigenvalue weighted by molar-refractivity contribution is 0.0696. The third kappa shape index (κ3) is 3.14. The summed E-state index contributed by atoms with van der Waals surface area (Å²) in [5.41, 5.74) is 2.42. The highest BCUT2D eigenvalue weighted by Crippen LogP contribution is 2.25. The van der Waals surface area contributed by atoms with Gasteiger partial charge < -0.3 is 5.11 Å². The highest BCUT2D eigenvalue weighted by Gasteiger charge is 2.07. The van der Waals surface area contributed by atoms with Gasteiger partial charge in [0.1, 0.15) is 0 Å². The Hall–Kier alpha value is -1.74. The SMILES string of the molecule is Cc1ccc(SCc2ccccc2)cc1C(=O)O. The molecule has 2 aromatic rings. The van der Waals surface area contributed by atoms with E-state index in [4.69, 9.17) is 5.11 Å². The molecule has 0 fully saturated rings. The summed E-state index contributed by atoms with van der Waals surface area (Å²) in [6, 6.07) is 15.7. The first kappa shape index (κ1) is 12.7. The molecule has 0 amide bonds. The van der Waals surface area contributed by atoms with E-state index in [0.29, 0.717) is 5.56 Å². The maximum atomic E-state index is 11.0. The lowest BCUT2D eigenvalue weighted by Crippen LogP contribution is -1.99. The first-order valence-corrected chi connectivity index (χ1v) is 6.66. The normalized spacial score (nSPS) is 10.3. The standard InChI is InChI=1S/C15H14O2S/c1-11-7-8-13(9-14(11)15(16)17)18-10-12-5-3-2-4-6-12/h2-9H,10H2,1H3,(H,16,17). The van der Waals surface area contributed by atoms with Crippen LogP contribution >= 0.6 is 11.8 Å². The van der Waals surface area contributed by atoms with Crippen molar-refractivity contribution in [2.45, 2.75) is 17.6 Å². The summed E-state index contributed by atoms with van der Waals surface area (Å²) >= 11 is 1.65. The molecule has 0 atom stereocenters. The second-order valence-electron chi connectivity index (χ2n) is 4.06. The molecule has 0 saturated heterocycles. The largest absolute Gasteiger partial charge is 0.478 e. The minimum absolute atomic E-state index is 0.382. The molecule has 2 aromatic carbocycles. The number of hydrogen-bond acceptors (Lipinski definition) is 2. The van der Waals surface area contributed by atoms with E-state index >= 15 is 0 Å². The van der Waals surface area contributed by atoms with Gasteiger partial charge in [-0.15, -0.1) is 11.8 Å². The summed E-state index contributed by atoms with van der Waals surface area (Å²) in [6.45, 7) is 1.81. The zero-order valence-electron chi connectivity index (χ0n) is 10.1. The minimum atomic E-state index is -0.866. The number of thioether (sulfide) groups is 1. The van der Waals surface area contributed by atoms with Gasteiger partial charge in [0, 0.05) is 10.6 Å². The smallest absolute Gasteiger partial charge is 0.335 e. The van der Waals surface area contributed by atoms with E-state index in [9.17, 15) is 4.79 Å². The second kappa shape index (κ2) is 5.74. The average Bonchev–Trinajstić information content (AvgIpc) is 2.38. The van der Waals surface area contributed by atoms with Gasteiger partial charge in [-0.3, -0.25) is 0 Å². The van der Waals surface area contributed by atoms with Crippen LogP contribution in [0.3, 0.4) is 0 Å². The highest BCUT2D eigenvalue weighted by molar-refractivity contribution is 7.98. The number of carboxylic acid groups (broad SMARTS) is 1. The van der Waals surface area contributed by atoms with Gasteiger partial charge >= 0.3 is 5.97 Å². The Balaban J connectivity index is 2.11. The molecule has 92 valence electrons. The van der Waals surface area contributed by atoms with Gasteiger partial charge in [-0.1, -0.05) is 36.4 Å². The molecule has 2 rings (SSSR count). The van der Waals surface area contributed by atoms with Crippen LogP contribution in [0.25, 0.3) is 0 Å². The Morgan fingerprint density at radius 2 is 1.89 bits per heavy atom. The van der Waals surface area contributed by atoms with Gasteiger partial charge in [0.05, 0.1) is 5.56 Å². The lowest BCUT2D eigenvalue weighted by Gasteiger charge is -2.05. The van der Waals surface area contributed by atoms with Gasteiger partial charge in [0.15, 0.2) is 0 Å². The number of carboxylic acids is 1. The predicted octanol–water partition coefficient (Wildman–Crippen LogP) is 3.99. The van der Waals surface area contributed by atoms with Gasteiger partial charge in [0.25, 0.3) is 0 Å². The average molecular weight is 258 g/mol. The van der Waals surface area contributed by atoms with Gasteiger partial charge in [-0.05, 0) is 30.2 Å². The molecule has 0 aliphatic rings. The van der Waals surface area contributed by atoms with Gasteiger partial charge in [0.2, 0.25) is 0 Å². The van der Waals surface area contributed by atoms with Crippen molar-refractivity contribution in [2.75, 3.05) is 0 Å². The molecule has 0 spiro atoms. The molecule has 0 radical (unpaired) electrons. The Morgan fingerprint density at radius 1 is 1.17 bits per heavy atom. The zero-order chi connectivity index (χ0) is 13.0. The summed E-state index contributed by atoms with van der Waals surface area (Å²) in [6.07, 6.45) is 0. The second-order valence-corrected chi connectivity index (χ2v) is 5.10. The first-order chi connectivity index (χ1) is 8.66. The summed E-state index contributed by atoms with van der Waals surface area (Å²) in [4.78, 5) is 12.0. The Morgan fingerprint density at radius 3 is 2.56 bits per heavy atom. The van der Waals surface area contributed by atoms with Crippen molar-refractivity contribution in [3.05, 3.63) is 65.2 Å². The Labute approximate surface area is 111 Å². The van der Waals surface area contributed by atoms with E-state index in [1.165, 1.54) is 5.56 Å². The molecular formula is C15H14O2S. The molecule has 0 bridgehead atoms. The zero-order valence-corrected chi connectivity index (χ0v) is 10.9. The maximum Gasteiger partial charge on any atom is 0.335 e. The van der Waals surface area contributed by atoms with E-state index in [-0.39, 0.29) is 0 Å². The third-order valence-electron chi connectivity index (χ3n) is 2.69. The number of rotatable bonds is 4. The first-order valence-electron chi connectivity index (χ1n) is 5.67. The van der Waals surface area contributed by atoms with Crippen molar-refractivity contribution < 1.29 is 9.90 Å². The van der Waals surface area contributed by atoms with Crippen molar-refractivity contribution >= 4 is 17.7 Å². The Bertz CT molecular complexity index is 550. The fourth-order valence-electron chi connectivity index (χ4n) is 1.66. The topological polar surface area (TPSA) is 37.3 Å². The van der Waals surface area contributed by atoms with Crippen LogP contribution in [0.15, 0.2) is 53.4 Å². The quantitative estimate of drug-likeness (QED) is 0.843. The van der Waals surface area contributed by atoms with Crippen molar-refractivity contribution in [3.63, 3.8) is 0 Å². The molecule has 0 aromatic heterocycles. The predicted molar refractivity (Wildman–Crippen MR) is 74.1 cm³/mol. The van der Waals surface area contributed by atoms with Crippen LogP contribution in [0.1, 0.15) is 21.5 Å². The molecule has 0 heterocycles. The molecule has 2 nitrogen and oxygen atoms in total. The van der Waals surface area contributed by atoms with Crippen LogP contribution in [0.2, 0.25) is 0 Å². The fourth-order valence-corrected chi connectivity index (χ4v) is 2.55. The van der Waals surface area contributed by atoms with Crippen molar-refractivity contribution in [3.8, 4) is 0 Å². The van der Waals surface area contributed by atoms with Crippen LogP contribution in [0.4, 0.5) is 0 Å².